The Morgan fingerprint density at radius 3 is 2.59 bits per heavy atom. The zero-order valence-electron chi connectivity index (χ0n) is 15.6. The van der Waals surface area contributed by atoms with Gasteiger partial charge in [0.25, 0.3) is 0 Å². The van der Waals surface area contributed by atoms with E-state index in [4.69, 9.17) is 4.74 Å². The van der Waals surface area contributed by atoms with E-state index in [0.717, 1.165) is 36.9 Å². The van der Waals surface area contributed by atoms with Crippen molar-refractivity contribution in [1.82, 2.24) is 0 Å². The number of fused-ring (bicyclic) bond motifs is 1. The Labute approximate surface area is 159 Å². The molecule has 4 nitrogen and oxygen atoms in total. The van der Waals surface area contributed by atoms with Gasteiger partial charge in [0.2, 0.25) is 5.91 Å². The molecule has 140 valence electrons. The van der Waals surface area contributed by atoms with Crippen LogP contribution < -0.4 is 5.32 Å². The van der Waals surface area contributed by atoms with Crippen molar-refractivity contribution in [3.05, 3.63) is 65.2 Å². The van der Waals surface area contributed by atoms with Crippen LogP contribution in [0, 0.1) is 6.92 Å². The summed E-state index contributed by atoms with van der Waals surface area (Å²) in [6.45, 7) is 2.08. The molecular weight excluding hydrogens is 338 g/mol. The fourth-order valence-corrected chi connectivity index (χ4v) is 4.29. The molecule has 2 aromatic rings. The van der Waals surface area contributed by atoms with Gasteiger partial charge in [-0.25, -0.2) is 0 Å². The quantitative estimate of drug-likeness (QED) is 0.805. The van der Waals surface area contributed by atoms with Crippen LogP contribution in [0.5, 0.6) is 0 Å². The highest BCUT2D eigenvalue weighted by Crippen LogP contribution is 2.38. The van der Waals surface area contributed by atoms with Crippen LogP contribution in [0.25, 0.3) is 0 Å². The van der Waals surface area contributed by atoms with E-state index in [1.807, 2.05) is 24.3 Å². The van der Waals surface area contributed by atoms with Crippen LogP contribution >= 0.6 is 0 Å². The van der Waals surface area contributed by atoms with E-state index in [-0.39, 0.29) is 30.3 Å². The Bertz CT molecular complexity index is 843. The maximum absolute atomic E-state index is 13.0. The van der Waals surface area contributed by atoms with Crippen LogP contribution in [0.4, 0.5) is 5.69 Å². The molecule has 1 heterocycles. The maximum atomic E-state index is 13.0. The number of carbonyl (C=O) groups excluding carboxylic acids is 2. The number of hydrogen-bond acceptors (Lipinski definition) is 3. The predicted octanol–water partition coefficient (Wildman–Crippen LogP) is 4.69. The number of aryl methyl sites for hydroxylation is 1. The van der Waals surface area contributed by atoms with Gasteiger partial charge in [-0.15, -0.1) is 0 Å². The summed E-state index contributed by atoms with van der Waals surface area (Å²) in [5.74, 6) is -0.692. The van der Waals surface area contributed by atoms with Gasteiger partial charge in [-0.05, 0) is 43.4 Å². The summed E-state index contributed by atoms with van der Waals surface area (Å²) in [4.78, 5) is 25.0. The molecule has 27 heavy (non-hydrogen) atoms. The number of amides is 1. The second-order valence-electron chi connectivity index (χ2n) is 7.67. The van der Waals surface area contributed by atoms with Crippen molar-refractivity contribution < 1.29 is 14.3 Å². The van der Waals surface area contributed by atoms with Gasteiger partial charge in [-0.1, -0.05) is 54.4 Å². The first kappa shape index (κ1) is 17.8. The van der Waals surface area contributed by atoms with Gasteiger partial charge < -0.3 is 10.1 Å². The van der Waals surface area contributed by atoms with E-state index in [9.17, 15) is 9.59 Å². The van der Waals surface area contributed by atoms with E-state index in [1.54, 1.807) is 0 Å². The lowest BCUT2D eigenvalue weighted by molar-refractivity contribution is -0.154. The first-order chi connectivity index (χ1) is 13.1. The molecule has 0 bridgehead atoms. The van der Waals surface area contributed by atoms with E-state index in [1.165, 1.54) is 11.1 Å². The number of nitrogens with one attached hydrogen (secondary N) is 1. The first-order valence-corrected chi connectivity index (χ1v) is 9.77. The second kappa shape index (κ2) is 7.55. The highest BCUT2D eigenvalue weighted by Gasteiger charge is 2.36. The molecule has 0 aromatic heterocycles. The Balaban J connectivity index is 1.54. The zero-order valence-corrected chi connectivity index (χ0v) is 15.6. The van der Waals surface area contributed by atoms with Gasteiger partial charge in [0.05, 0.1) is 5.92 Å². The van der Waals surface area contributed by atoms with Crippen LogP contribution in [0.15, 0.2) is 48.5 Å². The zero-order chi connectivity index (χ0) is 18.8. The molecule has 3 unspecified atom stereocenters. The molecule has 1 aliphatic carbocycles. The average Bonchev–Trinajstić information content (AvgIpc) is 2.68. The van der Waals surface area contributed by atoms with Gasteiger partial charge in [0.15, 0.2) is 0 Å². The standard InChI is InChI=1S/C23H25NO3/c1-15-10-12-16(13-11-15)17-6-3-5-9-21(17)27-23(26)19-14-22(25)24-20-8-4-2-7-18(19)20/h2,4,7-8,10-13,17,19,21H,3,5-6,9,14H2,1H3,(H,24,25). The lowest BCUT2D eigenvalue weighted by atomic mass is 9.81. The van der Waals surface area contributed by atoms with Crippen molar-refractivity contribution in [2.75, 3.05) is 5.32 Å². The SMILES string of the molecule is Cc1ccc(C2CCCCC2OC(=O)C2CC(=O)Nc3ccccc32)cc1. The van der Waals surface area contributed by atoms with E-state index in [2.05, 4.69) is 36.5 Å². The van der Waals surface area contributed by atoms with Gasteiger partial charge in [-0.3, -0.25) is 9.59 Å². The summed E-state index contributed by atoms with van der Waals surface area (Å²) in [5.41, 5.74) is 4.03. The molecule has 2 aromatic carbocycles. The molecule has 3 atom stereocenters. The third-order valence-corrected chi connectivity index (χ3v) is 5.76. The topological polar surface area (TPSA) is 55.4 Å². The van der Waals surface area contributed by atoms with Crippen LogP contribution in [0.2, 0.25) is 0 Å². The molecule has 1 amide bonds. The number of rotatable bonds is 3. The summed E-state index contributed by atoms with van der Waals surface area (Å²) >= 11 is 0. The largest absolute Gasteiger partial charge is 0.461 e. The third kappa shape index (κ3) is 3.75. The summed E-state index contributed by atoms with van der Waals surface area (Å²) in [7, 11) is 0. The number of anilines is 1. The monoisotopic (exact) mass is 363 g/mol. The van der Waals surface area contributed by atoms with Crippen molar-refractivity contribution >= 4 is 17.6 Å². The Morgan fingerprint density at radius 2 is 1.78 bits per heavy atom. The van der Waals surface area contributed by atoms with Crippen molar-refractivity contribution in [3.63, 3.8) is 0 Å². The van der Waals surface area contributed by atoms with Crippen molar-refractivity contribution in [3.8, 4) is 0 Å². The molecule has 1 N–H and O–H groups in total. The van der Waals surface area contributed by atoms with E-state index >= 15 is 0 Å². The second-order valence-corrected chi connectivity index (χ2v) is 7.67. The normalized spacial score (nSPS) is 24.6. The van der Waals surface area contributed by atoms with E-state index in [0.29, 0.717) is 0 Å². The van der Waals surface area contributed by atoms with Crippen LogP contribution in [0.1, 0.15) is 60.6 Å². The van der Waals surface area contributed by atoms with Crippen molar-refractivity contribution in [2.45, 2.75) is 57.0 Å². The lowest BCUT2D eigenvalue weighted by Crippen LogP contribution is -2.34. The van der Waals surface area contributed by atoms with Crippen LogP contribution in [-0.2, 0) is 14.3 Å². The molecule has 0 spiro atoms. The average molecular weight is 363 g/mol. The summed E-state index contributed by atoms with van der Waals surface area (Å²) < 4.78 is 6.01. The summed E-state index contributed by atoms with van der Waals surface area (Å²) in [6.07, 6.45) is 4.17. The summed E-state index contributed by atoms with van der Waals surface area (Å²) in [5, 5.41) is 2.84. The number of para-hydroxylation sites is 1. The smallest absolute Gasteiger partial charge is 0.314 e. The Hall–Kier alpha value is -2.62. The number of hydrogen-bond donors (Lipinski definition) is 1. The number of esters is 1. The highest BCUT2D eigenvalue weighted by molar-refractivity contribution is 5.99. The van der Waals surface area contributed by atoms with Gasteiger partial charge in [0, 0.05) is 18.0 Å². The molecule has 4 heteroatoms. The molecule has 0 radical (unpaired) electrons. The van der Waals surface area contributed by atoms with Crippen LogP contribution in [-0.4, -0.2) is 18.0 Å². The highest BCUT2D eigenvalue weighted by atomic mass is 16.5. The minimum Gasteiger partial charge on any atom is -0.461 e. The molecular formula is C23H25NO3. The lowest BCUT2D eigenvalue weighted by Gasteiger charge is -2.33. The number of carbonyl (C=O) groups is 2. The molecule has 1 fully saturated rings. The summed E-state index contributed by atoms with van der Waals surface area (Å²) in [6, 6.07) is 16.0. The molecule has 4 rings (SSSR count). The van der Waals surface area contributed by atoms with E-state index < -0.39 is 5.92 Å². The molecule has 2 aliphatic rings. The number of ether oxygens (including phenoxy) is 1. The predicted molar refractivity (Wildman–Crippen MR) is 105 cm³/mol. The maximum Gasteiger partial charge on any atom is 0.314 e. The fraction of sp³-hybridized carbons (Fsp3) is 0.391. The molecule has 0 saturated heterocycles. The molecule has 1 aliphatic heterocycles. The molecule has 1 saturated carbocycles. The van der Waals surface area contributed by atoms with Crippen LogP contribution in [0.3, 0.4) is 0 Å². The first-order valence-electron chi connectivity index (χ1n) is 9.77. The Kier molecular flexibility index (Phi) is 4.97. The fourth-order valence-electron chi connectivity index (χ4n) is 4.29. The third-order valence-electron chi connectivity index (χ3n) is 5.76. The van der Waals surface area contributed by atoms with Gasteiger partial charge in [-0.2, -0.15) is 0 Å². The number of benzene rings is 2. The van der Waals surface area contributed by atoms with Crippen molar-refractivity contribution in [2.24, 2.45) is 0 Å². The minimum atomic E-state index is -0.518. The Morgan fingerprint density at radius 1 is 1.04 bits per heavy atom. The van der Waals surface area contributed by atoms with Crippen molar-refractivity contribution in [1.29, 1.82) is 0 Å². The minimum absolute atomic E-state index is 0.119. The van der Waals surface area contributed by atoms with Gasteiger partial charge >= 0.3 is 5.97 Å². The van der Waals surface area contributed by atoms with Gasteiger partial charge in [0.1, 0.15) is 6.10 Å².